The van der Waals surface area contributed by atoms with Gasteiger partial charge in [0.2, 0.25) is 16.1 Å². The second kappa shape index (κ2) is 7.48. The number of hydrogen-bond donors (Lipinski definition) is 1. The normalized spacial score (nSPS) is 24.2. The Balaban J connectivity index is 1.61. The van der Waals surface area contributed by atoms with Gasteiger partial charge in [0.1, 0.15) is 5.82 Å². The first-order valence-electron chi connectivity index (χ1n) is 8.41. The van der Waals surface area contributed by atoms with E-state index in [9.17, 15) is 30.8 Å². The van der Waals surface area contributed by atoms with E-state index in [1.165, 1.54) is 4.31 Å². The minimum Gasteiger partial charge on any atom is -0.434 e. The van der Waals surface area contributed by atoms with Gasteiger partial charge < -0.3 is 14.7 Å². The van der Waals surface area contributed by atoms with Crippen LogP contribution in [0, 0.1) is 17.7 Å². The molecule has 0 spiro atoms. The molecule has 3 rings (SSSR count). The minimum atomic E-state index is -4.87. The predicted octanol–water partition coefficient (Wildman–Crippen LogP) is 1.44. The molecule has 3 atom stereocenters. The zero-order valence-corrected chi connectivity index (χ0v) is 15.3. The number of nitrogens with zero attached hydrogens (tertiary/aromatic N) is 2. The molecule has 0 saturated carbocycles. The maximum atomic E-state index is 13.0. The monoisotopic (exact) mass is 426 g/mol. The molecule has 0 aliphatic carbocycles. The van der Waals surface area contributed by atoms with Gasteiger partial charge in [-0.1, -0.05) is 0 Å². The van der Waals surface area contributed by atoms with Crippen LogP contribution in [0.2, 0.25) is 0 Å². The van der Waals surface area contributed by atoms with E-state index in [0.29, 0.717) is 0 Å². The Morgan fingerprint density at radius 3 is 2.14 bits per heavy atom. The van der Waals surface area contributed by atoms with Crippen molar-refractivity contribution in [2.24, 2.45) is 11.8 Å². The minimum absolute atomic E-state index is 0.0505. The van der Waals surface area contributed by atoms with Gasteiger partial charge in [0.05, 0.1) is 11.5 Å². The molecule has 7 nitrogen and oxygen atoms in total. The lowest BCUT2D eigenvalue weighted by molar-refractivity contribution is -0.214. The van der Waals surface area contributed by atoms with Crippen molar-refractivity contribution in [1.29, 1.82) is 0 Å². The van der Waals surface area contributed by atoms with Crippen molar-refractivity contribution in [3.05, 3.63) is 30.1 Å². The Kier molecular flexibility index (Phi) is 5.56. The van der Waals surface area contributed by atoms with Crippen LogP contribution < -0.4 is 0 Å². The largest absolute Gasteiger partial charge is 0.434 e. The lowest BCUT2D eigenvalue weighted by atomic mass is 10.0. The highest BCUT2D eigenvalue weighted by atomic mass is 32.2. The van der Waals surface area contributed by atoms with Gasteiger partial charge in [-0.05, 0) is 36.1 Å². The van der Waals surface area contributed by atoms with Gasteiger partial charge in [-0.15, -0.1) is 0 Å². The fraction of sp³-hybridized carbons (Fsp3) is 0.562. The summed E-state index contributed by atoms with van der Waals surface area (Å²) < 4.78 is 81.7. The number of aliphatic hydroxyl groups is 1. The lowest BCUT2D eigenvalue weighted by Gasteiger charge is -2.24. The second-order valence-corrected chi connectivity index (χ2v) is 8.74. The van der Waals surface area contributed by atoms with Crippen molar-refractivity contribution in [1.82, 2.24) is 9.21 Å². The van der Waals surface area contributed by atoms with Crippen molar-refractivity contribution >= 4 is 16.1 Å². The summed E-state index contributed by atoms with van der Waals surface area (Å²) in [7, 11) is -3.83. The first-order valence-corrected chi connectivity index (χ1v) is 9.85. The Labute approximate surface area is 158 Å². The third kappa shape index (κ3) is 4.08. The molecular formula is C16H18F4N2O5S. The number of benzene rings is 1. The van der Waals surface area contributed by atoms with Gasteiger partial charge in [0.15, 0.2) is 0 Å². The summed E-state index contributed by atoms with van der Waals surface area (Å²) in [6, 6.07) is 4.41. The Morgan fingerprint density at radius 1 is 1.14 bits per heavy atom. The molecule has 2 saturated heterocycles. The Morgan fingerprint density at radius 2 is 1.68 bits per heavy atom. The third-order valence-corrected chi connectivity index (χ3v) is 6.78. The van der Waals surface area contributed by atoms with E-state index in [1.807, 2.05) is 0 Å². The third-order valence-electron chi connectivity index (χ3n) is 4.94. The van der Waals surface area contributed by atoms with E-state index in [2.05, 4.69) is 4.74 Å². The molecule has 2 aliphatic heterocycles. The SMILES string of the molecule is O=C(O[C@H](CO)C(F)(F)F)N1C[C@@H]2CN(S(=O)(=O)c3ccc(F)cc3)C[C@@H]2C1. The van der Waals surface area contributed by atoms with Gasteiger partial charge >= 0.3 is 12.3 Å². The number of halogens is 4. The fourth-order valence-corrected chi connectivity index (χ4v) is 5.01. The Hall–Kier alpha value is -1.92. The smallest absolute Gasteiger partial charge is 0.427 e. The van der Waals surface area contributed by atoms with Crippen LogP contribution in [0.3, 0.4) is 0 Å². The van der Waals surface area contributed by atoms with Crippen LogP contribution in [0.5, 0.6) is 0 Å². The summed E-state index contributed by atoms with van der Waals surface area (Å²) in [5.41, 5.74) is 0. The topological polar surface area (TPSA) is 87.2 Å². The zero-order valence-electron chi connectivity index (χ0n) is 14.5. The van der Waals surface area contributed by atoms with E-state index in [-0.39, 0.29) is 42.9 Å². The number of alkyl halides is 3. The number of ether oxygens (including phenoxy) is 1. The van der Waals surface area contributed by atoms with Gasteiger partial charge in [-0.2, -0.15) is 17.5 Å². The predicted molar refractivity (Wildman–Crippen MR) is 87.1 cm³/mol. The molecule has 0 aromatic heterocycles. The Bertz CT molecular complexity index is 816. The summed E-state index contributed by atoms with van der Waals surface area (Å²) in [5, 5.41) is 8.75. The highest BCUT2D eigenvalue weighted by Crippen LogP contribution is 2.35. The molecule has 1 aromatic carbocycles. The fourth-order valence-electron chi connectivity index (χ4n) is 3.45. The molecule has 2 heterocycles. The maximum Gasteiger partial charge on any atom is 0.427 e. The van der Waals surface area contributed by atoms with Crippen LogP contribution in [-0.2, 0) is 14.8 Å². The number of likely N-dealkylation sites (tertiary alicyclic amines) is 1. The van der Waals surface area contributed by atoms with Gasteiger partial charge in [0, 0.05) is 26.2 Å². The highest BCUT2D eigenvalue weighted by Gasteiger charge is 2.48. The molecule has 12 heteroatoms. The summed E-state index contributed by atoms with van der Waals surface area (Å²) in [4.78, 5) is 13.0. The first-order chi connectivity index (χ1) is 13.0. The molecule has 1 amide bonds. The van der Waals surface area contributed by atoms with Crippen molar-refractivity contribution in [2.75, 3.05) is 32.8 Å². The first kappa shape index (κ1) is 20.8. The van der Waals surface area contributed by atoms with Crippen LogP contribution in [0.4, 0.5) is 22.4 Å². The number of carbonyl (C=O) groups is 1. The van der Waals surface area contributed by atoms with Crippen LogP contribution in [0.15, 0.2) is 29.2 Å². The quantitative estimate of drug-likeness (QED) is 0.737. The number of rotatable bonds is 4. The van der Waals surface area contributed by atoms with Crippen LogP contribution in [0.25, 0.3) is 0 Å². The average molecular weight is 426 g/mol. The molecule has 2 aliphatic rings. The average Bonchev–Trinajstić information content (AvgIpc) is 3.18. The summed E-state index contributed by atoms with van der Waals surface area (Å²) in [6.07, 6.45) is -8.67. The van der Waals surface area contributed by atoms with E-state index < -0.39 is 40.8 Å². The molecule has 1 aromatic rings. The second-order valence-electron chi connectivity index (χ2n) is 6.80. The van der Waals surface area contributed by atoms with Gasteiger partial charge in [0.25, 0.3) is 0 Å². The molecule has 156 valence electrons. The number of amides is 1. The number of sulfonamides is 1. The molecule has 2 fully saturated rings. The summed E-state index contributed by atoms with van der Waals surface area (Å²) >= 11 is 0. The van der Waals surface area contributed by atoms with Crippen molar-refractivity contribution < 1.29 is 40.6 Å². The highest BCUT2D eigenvalue weighted by molar-refractivity contribution is 7.89. The van der Waals surface area contributed by atoms with E-state index >= 15 is 0 Å². The van der Waals surface area contributed by atoms with Crippen molar-refractivity contribution in [3.63, 3.8) is 0 Å². The maximum absolute atomic E-state index is 13.0. The van der Waals surface area contributed by atoms with Crippen molar-refractivity contribution in [3.8, 4) is 0 Å². The van der Waals surface area contributed by atoms with Crippen LogP contribution in [0.1, 0.15) is 0 Å². The van der Waals surface area contributed by atoms with E-state index in [0.717, 1.165) is 29.2 Å². The molecule has 0 unspecified atom stereocenters. The van der Waals surface area contributed by atoms with E-state index in [4.69, 9.17) is 5.11 Å². The number of fused-ring (bicyclic) bond motifs is 1. The molecule has 1 N–H and O–H groups in total. The molecular weight excluding hydrogens is 408 g/mol. The van der Waals surface area contributed by atoms with Gasteiger partial charge in [-0.25, -0.2) is 17.6 Å². The molecule has 0 bridgehead atoms. The zero-order chi connectivity index (χ0) is 20.7. The van der Waals surface area contributed by atoms with Crippen LogP contribution in [-0.4, -0.2) is 73.9 Å². The van der Waals surface area contributed by atoms with Gasteiger partial charge in [-0.3, -0.25) is 0 Å². The number of aliphatic hydroxyl groups excluding tert-OH is 1. The number of hydrogen-bond acceptors (Lipinski definition) is 5. The summed E-state index contributed by atoms with van der Waals surface area (Å²) in [6.45, 7) is -1.09. The standard InChI is InChI=1S/C16H18F4N2O5S/c17-12-1-3-13(4-2-12)28(25,26)22-7-10-5-21(6-11(10)8-22)15(24)27-14(9-23)16(18,19)20/h1-4,10-11,14,23H,5-9H2/t10-,11+,14-/m1/s1. The molecule has 28 heavy (non-hydrogen) atoms. The summed E-state index contributed by atoms with van der Waals surface area (Å²) in [5.74, 6) is -1.06. The van der Waals surface area contributed by atoms with Crippen LogP contribution >= 0.6 is 0 Å². The number of carbonyl (C=O) groups excluding carboxylic acids is 1. The lowest BCUT2D eigenvalue weighted by Crippen LogP contribution is -2.42. The van der Waals surface area contributed by atoms with E-state index in [1.54, 1.807) is 0 Å². The van der Waals surface area contributed by atoms with Crippen molar-refractivity contribution in [2.45, 2.75) is 17.2 Å². The molecule has 0 radical (unpaired) electrons.